The van der Waals surface area contributed by atoms with Crippen LogP contribution in [0.5, 0.6) is 0 Å². The van der Waals surface area contributed by atoms with E-state index in [1.54, 1.807) is 0 Å². The molecule has 14 heavy (non-hydrogen) atoms. The quantitative estimate of drug-likeness (QED) is 0.651. The third-order valence-corrected chi connectivity index (χ3v) is 3.03. The highest BCUT2D eigenvalue weighted by Gasteiger charge is 2.26. The molecule has 1 nitrogen and oxygen atoms in total. The van der Waals surface area contributed by atoms with E-state index in [-0.39, 0.29) is 0 Å². The van der Waals surface area contributed by atoms with Gasteiger partial charge in [0.05, 0.1) is 0 Å². The van der Waals surface area contributed by atoms with Crippen molar-refractivity contribution in [2.45, 2.75) is 72.9 Å². The smallest absolute Gasteiger partial charge is 0.0121 e. The zero-order chi connectivity index (χ0) is 11.1. The largest absolute Gasteiger partial charge is 0.298 e. The van der Waals surface area contributed by atoms with Crippen LogP contribution >= 0.6 is 0 Å². The van der Waals surface area contributed by atoms with E-state index in [2.05, 4.69) is 32.6 Å². The second kappa shape index (κ2) is 7.28. The van der Waals surface area contributed by atoms with Crippen LogP contribution in [-0.2, 0) is 0 Å². The number of hydrogen-bond acceptors (Lipinski definition) is 1. The van der Waals surface area contributed by atoms with Crippen molar-refractivity contribution in [2.75, 3.05) is 6.54 Å². The van der Waals surface area contributed by atoms with Crippen LogP contribution in [0.25, 0.3) is 0 Å². The van der Waals surface area contributed by atoms with Crippen molar-refractivity contribution < 1.29 is 0 Å². The molecule has 1 aliphatic rings. The van der Waals surface area contributed by atoms with Gasteiger partial charge >= 0.3 is 0 Å². The summed E-state index contributed by atoms with van der Waals surface area (Å²) in [6.45, 7) is 14.7. The van der Waals surface area contributed by atoms with Crippen molar-refractivity contribution in [1.82, 2.24) is 4.90 Å². The Labute approximate surface area is 90.9 Å². The van der Waals surface area contributed by atoms with Gasteiger partial charge in [0.15, 0.2) is 0 Å². The van der Waals surface area contributed by atoms with E-state index in [1.165, 1.54) is 25.8 Å². The molecule has 0 N–H and O–H groups in total. The molecule has 0 aromatic rings. The molecule has 0 aromatic heterocycles. The number of piperidine rings is 1. The van der Waals surface area contributed by atoms with Gasteiger partial charge in [-0.2, -0.15) is 0 Å². The highest BCUT2D eigenvalue weighted by Crippen LogP contribution is 2.24. The Hall–Kier alpha value is -0.0400. The van der Waals surface area contributed by atoms with Crippen molar-refractivity contribution >= 4 is 0 Å². The molecule has 1 atom stereocenters. The maximum absolute atomic E-state index is 2.67. The van der Waals surface area contributed by atoms with Gasteiger partial charge in [-0.1, -0.05) is 34.1 Å². The van der Waals surface area contributed by atoms with Gasteiger partial charge in [0.2, 0.25) is 0 Å². The van der Waals surface area contributed by atoms with Crippen LogP contribution in [0.4, 0.5) is 0 Å². The normalized spacial score (nSPS) is 23.6. The Morgan fingerprint density at radius 3 is 1.93 bits per heavy atom. The van der Waals surface area contributed by atoms with Crippen LogP contribution in [0, 0.1) is 5.92 Å². The van der Waals surface area contributed by atoms with E-state index in [9.17, 15) is 0 Å². The van der Waals surface area contributed by atoms with E-state index in [0.29, 0.717) is 0 Å². The van der Waals surface area contributed by atoms with Crippen LogP contribution in [-0.4, -0.2) is 23.5 Å². The van der Waals surface area contributed by atoms with E-state index >= 15 is 0 Å². The third-order valence-electron chi connectivity index (χ3n) is 3.03. The maximum Gasteiger partial charge on any atom is 0.0121 e. The molecule has 86 valence electrons. The van der Waals surface area contributed by atoms with Crippen molar-refractivity contribution in [3.8, 4) is 0 Å². The predicted molar refractivity (Wildman–Crippen MR) is 65.7 cm³/mol. The molecule has 0 saturated carbocycles. The van der Waals surface area contributed by atoms with Crippen LogP contribution < -0.4 is 0 Å². The Bertz CT molecular complexity index is 113. The summed E-state index contributed by atoms with van der Waals surface area (Å²) >= 11 is 0. The summed E-state index contributed by atoms with van der Waals surface area (Å²) < 4.78 is 0. The van der Waals surface area contributed by atoms with E-state index in [1.807, 2.05) is 13.8 Å². The van der Waals surface area contributed by atoms with Gasteiger partial charge in [-0.25, -0.2) is 0 Å². The van der Waals surface area contributed by atoms with Crippen LogP contribution in [0.2, 0.25) is 0 Å². The minimum Gasteiger partial charge on any atom is -0.298 e. The predicted octanol–water partition coefficient (Wildman–Crippen LogP) is 3.93. The second-order valence-corrected chi connectivity index (χ2v) is 4.64. The zero-order valence-electron chi connectivity index (χ0n) is 11.0. The lowest BCUT2D eigenvalue weighted by molar-refractivity contribution is 0.0808. The molecule has 0 bridgehead atoms. The Balaban J connectivity index is 0.000000791. The maximum atomic E-state index is 2.67. The van der Waals surface area contributed by atoms with E-state index in [0.717, 1.165) is 18.0 Å². The highest BCUT2D eigenvalue weighted by molar-refractivity contribution is 4.81. The van der Waals surface area contributed by atoms with Gasteiger partial charge in [-0.15, -0.1) is 0 Å². The van der Waals surface area contributed by atoms with Gasteiger partial charge in [0.1, 0.15) is 0 Å². The number of nitrogens with zero attached hydrogens (tertiary/aromatic N) is 1. The molecular weight excluding hydrogens is 170 g/mol. The molecular formula is C13H29N. The first-order valence-electron chi connectivity index (χ1n) is 6.38. The fourth-order valence-electron chi connectivity index (χ4n) is 2.34. The van der Waals surface area contributed by atoms with Gasteiger partial charge in [0, 0.05) is 12.1 Å². The summed E-state index contributed by atoms with van der Waals surface area (Å²) in [7, 11) is 0. The van der Waals surface area contributed by atoms with Gasteiger partial charge in [0.25, 0.3) is 0 Å². The summed E-state index contributed by atoms with van der Waals surface area (Å²) in [4.78, 5) is 2.67. The molecule has 0 aromatic carbocycles. The number of likely N-dealkylation sites (tertiary alicyclic amines) is 1. The molecule has 0 aliphatic carbocycles. The van der Waals surface area contributed by atoms with Crippen molar-refractivity contribution in [2.24, 2.45) is 5.92 Å². The van der Waals surface area contributed by atoms with Gasteiger partial charge in [-0.3, -0.25) is 4.90 Å². The average Bonchev–Trinajstić information content (AvgIpc) is 2.20. The van der Waals surface area contributed by atoms with Crippen molar-refractivity contribution in [3.63, 3.8) is 0 Å². The minimum absolute atomic E-state index is 0.734. The van der Waals surface area contributed by atoms with E-state index < -0.39 is 0 Å². The number of rotatable bonds is 2. The minimum atomic E-state index is 0.734. The zero-order valence-corrected chi connectivity index (χ0v) is 11.0. The monoisotopic (exact) mass is 199 g/mol. The molecule has 0 spiro atoms. The summed E-state index contributed by atoms with van der Waals surface area (Å²) in [5.41, 5.74) is 0. The lowest BCUT2D eigenvalue weighted by atomic mass is 9.92. The first-order chi connectivity index (χ1) is 6.63. The van der Waals surface area contributed by atoms with Gasteiger partial charge < -0.3 is 0 Å². The van der Waals surface area contributed by atoms with Gasteiger partial charge in [-0.05, 0) is 39.2 Å². The van der Waals surface area contributed by atoms with Crippen LogP contribution in [0.1, 0.15) is 60.8 Å². The van der Waals surface area contributed by atoms with Crippen LogP contribution in [0.15, 0.2) is 0 Å². The number of hydrogen-bond donors (Lipinski definition) is 0. The molecule has 0 radical (unpaired) electrons. The fourth-order valence-corrected chi connectivity index (χ4v) is 2.34. The molecule has 1 heterocycles. The summed E-state index contributed by atoms with van der Waals surface area (Å²) in [6, 6.07) is 1.58. The molecule has 1 aliphatic heterocycles. The van der Waals surface area contributed by atoms with Crippen molar-refractivity contribution in [1.29, 1.82) is 0 Å². The molecule has 1 fully saturated rings. The Kier molecular flexibility index (Phi) is 7.26. The standard InChI is InChI=1S/C11H23N.C2H6/c1-9(2)11-7-5-6-8-12(11)10(3)4;1-2/h9-11H,5-8H2,1-4H3;1-2H3. The fraction of sp³-hybridized carbons (Fsp3) is 1.00. The Morgan fingerprint density at radius 1 is 1.00 bits per heavy atom. The molecule has 1 unspecified atom stereocenters. The van der Waals surface area contributed by atoms with Crippen LogP contribution in [0.3, 0.4) is 0 Å². The average molecular weight is 199 g/mol. The topological polar surface area (TPSA) is 3.24 Å². The lowest BCUT2D eigenvalue weighted by Gasteiger charge is -2.40. The molecule has 0 amide bonds. The highest BCUT2D eigenvalue weighted by atomic mass is 15.2. The first kappa shape index (κ1) is 14.0. The summed E-state index contributed by atoms with van der Waals surface area (Å²) in [5.74, 6) is 0.827. The van der Waals surface area contributed by atoms with Crippen molar-refractivity contribution in [3.05, 3.63) is 0 Å². The molecule has 1 saturated heterocycles. The summed E-state index contributed by atoms with van der Waals surface area (Å²) in [6.07, 6.45) is 4.25. The first-order valence-corrected chi connectivity index (χ1v) is 6.38. The summed E-state index contributed by atoms with van der Waals surface area (Å²) in [5, 5.41) is 0. The molecule has 1 rings (SSSR count). The molecule has 1 heteroatoms. The van der Waals surface area contributed by atoms with E-state index in [4.69, 9.17) is 0 Å². The SMILES string of the molecule is CC.CC(C)C1CCCCN1C(C)C. The second-order valence-electron chi connectivity index (χ2n) is 4.64. The lowest BCUT2D eigenvalue weighted by Crippen LogP contribution is -2.46. The third kappa shape index (κ3) is 4.00. The Morgan fingerprint density at radius 2 is 1.57 bits per heavy atom.